The molecule has 1 aliphatic heterocycles. The molecule has 108 valence electrons. The lowest BCUT2D eigenvalue weighted by Gasteiger charge is -2.32. The number of nitrogens with zero attached hydrogens (tertiary/aromatic N) is 1. The minimum absolute atomic E-state index is 0.185. The molecule has 20 heavy (non-hydrogen) atoms. The maximum atomic E-state index is 13.3. The lowest BCUT2D eigenvalue weighted by atomic mass is 10.0. The Balaban J connectivity index is 1.56. The summed E-state index contributed by atoms with van der Waals surface area (Å²) in [6, 6.07) is 5.28. The number of carbonyl (C=O) groups excluding carboxylic acids is 1. The van der Waals surface area contributed by atoms with Crippen LogP contribution < -0.4 is 5.32 Å². The number of piperidine rings is 1. The van der Waals surface area contributed by atoms with Gasteiger partial charge in [0.25, 0.3) is 5.91 Å². The van der Waals surface area contributed by atoms with Gasteiger partial charge in [0, 0.05) is 35.2 Å². The van der Waals surface area contributed by atoms with E-state index in [9.17, 15) is 9.18 Å². The van der Waals surface area contributed by atoms with Crippen molar-refractivity contribution in [2.75, 3.05) is 13.1 Å². The molecule has 2 fully saturated rings. The second kappa shape index (κ2) is 5.82. The standard InChI is InChI=1S/C15H18BrFN2O/c16-11-7-10(8-12(17)9-11)15(20)18-13-3-5-19(6-4-13)14-1-2-14/h7-9,13-14H,1-6H2,(H,18,20). The normalized spacial score (nSPS) is 20.9. The molecule has 1 amide bonds. The van der Waals surface area contributed by atoms with Gasteiger partial charge in [0.05, 0.1) is 0 Å². The molecule has 0 spiro atoms. The third kappa shape index (κ3) is 3.38. The van der Waals surface area contributed by atoms with Crippen molar-refractivity contribution in [3.8, 4) is 0 Å². The van der Waals surface area contributed by atoms with E-state index in [1.807, 2.05) is 0 Å². The van der Waals surface area contributed by atoms with Gasteiger partial charge in [-0.25, -0.2) is 4.39 Å². The van der Waals surface area contributed by atoms with Gasteiger partial charge in [0.1, 0.15) is 5.82 Å². The third-order valence-corrected chi connectivity index (χ3v) is 4.51. The first-order valence-electron chi connectivity index (χ1n) is 7.13. The molecule has 1 aliphatic carbocycles. The summed E-state index contributed by atoms with van der Waals surface area (Å²) in [5.41, 5.74) is 0.376. The molecule has 1 saturated heterocycles. The summed E-state index contributed by atoms with van der Waals surface area (Å²) in [5.74, 6) is -0.580. The number of benzene rings is 1. The Morgan fingerprint density at radius 2 is 1.90 bits per heavy atom. The summed E-state index contributed by atoms with van der Waals surface area (Å²) in [5, 5.41) is 3.02. The van der Waals surface area contributed by atoms with E-state index in [4.69, 9.17) is 0 Å². The van der Waals surface area contributed by atoms with Crippen LogP contribution in [0.2, 0.25) is 0 Å². The van der Waals surface area contributed by atoms with Crippen LogP contribution in [0.25, 0.3) is 0 Å². The Kier molecular flexibility index (Phi) is 4.08. The minimum Gasteiger partial charge on any atom is -0.349 e. The SMILES string of the molecule is O=C(NC1CCN(C2CC2)CC1)c1cc(F)cc(Br)c1. The molecule has 1 saturated carbocycles. The summed E-state index contributed by atoms with van der Waals surface area (Å²) in [4.78, 5) is 14.6. The molecule has 1 aromatic rings. The van der Waals surface area contributed by atoms with Crippen molar-refractivity contribution < 1.29 is 9.18 Å². The topological polar surface area (TPSA) is 32.3 Å². The average Bonchev–Trinajstić information content (AvgIpc) is 3.23. The minimum atomic E-state index is -0.395. The summed E-state index contributed by atoms with van der Waals surface area (Å²) in [6.07, 6.45) is 4.63. The number of carbonyl (C=O) groups is 1. The van der Waals surface area contributed by atoms with Crippen molar-refractivity contribution in [2.45, 2.75) is 37.8 Å². The number of nitrogens with one attached hydrogen (secondary N) is 1. The molecule has 1 aromatic carbocycles. The lowest BCUT2D eigenvalue weighted by Crippen LogP contribution is -2.45. The molecular weight excluding hydrogens is 323 g/mol. The lowest BCUT2D eigenvalue weighted by molar-refractivity contribution is 0.0908. The van der Waals surface area contributed by atoms with Crippen LogP contribution in [0.3, 0.4) is 0 Å². The Morgan fingerprint density at radius 3 is 2.50 bits per heavy atom. The van der Waals surface area contributed by atoms with Crippen molar-refractivity contribution >= 4 is 21.8 Å². The maximum Gasteiger partial charge on any atom is 0.251 e. The van der Waals surface area contributed by atoms with Crippen molar-refractivity contribution in [3.05, 3.63) is 34.1 Å². The third-order valence-electron chi connectivity index (χ3n) is 4.05. The highest BCUT2D eigenvalue weighted by atomic mass is 79.9. The van der Waals surface area contributed by atoms with Gasteiger partial charge in [-0.15, -0.1) is 0 Å². The first kappa shape index (κ1) is 14.0. The summed E-state index contributed by atoms with van der Waals surface area (Å²) in [7, 11) is 0. The van der Waals surface area contributed by atoms with Crippen molar-refractivity contribution in [2.24, 2.45) is 0 Å². The van der Waals surface area contributed by atoms with Gasteiger partial charge in [-0.1, -0.05) is 15.9 Å². The van der Waals surface area contributed by atoms with E-state index in [-0.39, 0.29) is 11.9 Å². The van der Waals surface area contributed by atoms with Crippen LogP contribution in [0.5, 0.6) is 0 Å². The van der Waals surface area contributed by atoms with E-state index < -0.39 is 5.82 Å². The molecule has 2 aliphatic rings. The fourth-order valence-electron chi connectivity index (χ4n) is 2.80. The second-order valence-electron chi connectivity index (χ2n) is 5.67. The smallest absolute Gasteiger partial charge is 0.251 e. The number of halogens is 2. The van der Waals surface area contributed by atoms with Crippen molar-refractivity contribution in [1.29, 1.82) is 0 Å². The van der Waals surface area contributed by atoms with E-state index in [0.29, 0.717) is 10.0 Å². The van der Waals surface area contributed by atoms with E-state index in [2.05, 4.69) is 26.1 Å². The average molecular weight is 341 g/mol. The number of likely N-dealkylation sites (tertiary alicyclic amines) is 1. The Morgan fingerprint density at radius 1 is 1.20 bits per heavy atom. The van der Waals surface area contributed by atoms with Gasteiger partial charge in [0.15, 0.2) is 0 Å². The molecule has 5 heteroatoms. The van der Waals surface area contributed by atoms with Gasteiger partial charge in [-0.2, -0.15) is 0 Å². The number of amides is 1. The van der Waals surface area contributed by atoms with Gasteiger partial charge < -0.3 is 10.2 Å². The highest BCUT2D eigenvalue weighted by molar-refractivity contribution is 9.10. The molecule has 1 heterocycles. The van der Waals surface area contributed by atoms with Crippen LogP contribution in [0.1, 0.15) is 36.0 Å². The highest BCUT2D eigenvalue weighted by Gasteiger charge is 2.32. The monoisotopic (exact) mass is 340 g/mol. The Labute approximate surface area is 126 Å². The van der Waals surface area contributed by atoms with Crippen LogP contribution in [0.15, 0.2) is 22.7 Å². The number of hydrogen-bond acceptors (Lipinski definition) is 2. The Bertz CT molecular complexity index is 490. The van der Waals surface area contributed by atoms with Gasteiger partial charge in [-0.05, 0) is 43.9 Å². The second-order valence-corrected chi connectivity index (χ2v) is 6.59. The van der Waals surface area contributed by atoms with Crippen molar-refractivity contribution in [3.63, 3.8) is 0 Å². The molecule has 1 N–H and O–H groups in total. The van der Waals surface area contributed by atoms with Crippen LogP contribution >= 0.6 is 15.9 Å². The summed E-state index contributed by atoms with van der Waals surface area (Å²) < 4.78 is 13.9. The maximum absolute atomic E-state index is 13.3. The van der Waals surface area contributed by atoms with E-state index in [0.717, 1.165) is 32.0 Å². The van der Waals surface area contributed by atoms with E-state index >= 15 is 0 Å². The Hall–Kier alpha value is -0.940. The fourth-order valence-corrected chi connectivity index (χ4v) is 3.27. The quantitative estimate of drug-likeness (QED) is 0.917. The van der Waals surface area contributed by atoms with Crippen LogP contribution in [-0.2, 0) is 0 Å². The summed E-state index contributed by atoms with van der Waals surface area (Å²) >= 11 is 3.21. The molecule has 3 nitrogen and oxygen atoms in total. The van der Waals surface area contributed by atoms with Gasteiger partial charge in [0.2, 0.25) is 0 Å². The van der Waals surface area contributed by atoms with Crippen LogP contribution in [0, 0.1) is 5.82 Å². The molecule has 0 aromatic heterocycles. The molecule has 0 radical (unpaired) electrons. The number of hydrogen-bond donors (Lipinski definition) is 1. The number of rotatable bonds is 3. The predicted molar refractivity (Wildman–Crippen MR) is 79.2 cm³/mol. The first-order chi connectivity index (χ1) is 9.61. The van der Waals surface area contributed by atoms with E-state index in [1.54, 1.807) is 6.07 Å². The van der Waals surface area contributed by atoms with E-state index in [1.165, 1.54) is 25.0 Å². The first-order valence-corrected chi connectivity index (χ1v) is 7.92. The zero-order chi connectivity index (χ0) is 14.1. The molecule has 3 rings (SSSR count). The molecule has 0 unspecified atom stereocenters. The molecule has 0 atom stereocenters. The van der Waals surface area contributed by atoms with Gasteiger partial charge >= 0.3 is 0 Å². The zero-order valence-corrected chi connectivity index (χ0v) is 12.8. The summed E-state index contributed by atoms with van der Waals surface area (Å²) in [6.45, 7) is 2.12. The van der Waals surface area contributed by atoms with Crippen LogP contribution in [-0.4, -0.2) is 36.0 Å². The van der Waals surface area contributed by atoms with Crippen LogP contribution in [0.4, 0.5) is 4.39 Å². The molecular formula is C15H18BrFN2O. The van der Waals surface area contributed by atoms with Gasteiger partial charge in [-0.3, -0.25) is 4.79 Å². The fraction of sp³-hybridized carbons (Fsp3) is 0.533. The highest BCUT2D eigenvalue weighted by Crippen LogP contribution is 2.29. The molecule has 0 bridgehead atoms. The largest absolute Gasteiger partial charge is 0.349 e. The zero-order valence-electron chi connectivity index (χ0n) is 11.2. The van der Waals surface area contributed by atoms with Crippen molar-refractivity contribution in [1.82, 2.24) is 10.2 Å². The predicted octanol–water partition coefficient (Wildman–Crippen LogP) is 2.94.